The summed E-state index contributed by atoms with van der Waals surface area (Å²) in [4.78, 5) is 8.51. The summed E-state index contributed by atoms with van der Waals surface area (Å²) in [7, 11) is 1.52. The Morgan fingerprint density at radius 1 is 1.05 bits per heavy atom. The van der Waals surface area contributed by atoms with Crippen LogP contribution < -0.4 is 4.74 Å². The first-order valence-corrected chi connectivity index (χ1v) is 5.86. The monoisotopic (exact) mass is 252 g/mol. The molecular weight excluding hydrogens is 240 g/mol. The van der Waals surface area contributed by atoms with Crippen LogP contribution in [0.3, 0.4) is 0 Å². The van der Waals surface area contributed by atoms with E-state index in [0.29, 0.717) is 11.3 Å². The highest BCUT2D eigenvalue weighted by Gasteiger charge is 2.10. The van der Waals surface area contributed by atoms with E-state index in [1.165, 1.54) is 13.4 Å². The fraction of sp³-hybridized carbons (Fsp3) is 0.0667. The Balaban J connectivity index is 2.31. The fourth-order valence-corrected chi connectivity index (χ4v) is 2.06. The number of phenolic OH excluding ortho intramolecular Hbond substituents is 1. The van der Waals surface area contributed by atoms with E-state index in [9.17, 15) is 5.11 Å². The zero-order valence-corrected chi connectivity index (χ0v) is 10.4. The van der Waals surface area contributed by atoms with Gasteiger partial charge in [0.15, 0.2) is 11.5 Å². The lowest BCUT2D eigenvalue weighted by atomic mass is 10.1. The van der Waals surface area contributed by atoms with E-state index in [2.05, 4.69) is 9.97 Å². The zero-order valence-electron chi connectivity index (χ0n) is 10.4. The van der Waals surface area contributed by atoms with Gasteiger partial charge in [0.1, 0.15) is 6.33 Å². The molecule has 0 bridgehead atoms. The average molecular weight is 252 g/mol. The predicted octanol–water partition coefficient (Wildman–Crippen LogP) is 3.01. The summed E-state index contributed by atoms with van der Waals surface area (Å²) in [6.45, 7) is 0. The van der Waals surface area contributed by atoms with Gasteiger partial charge < -0.3 is 9.84 Å². The maximum Gasteiger partial charge on any atom is 0.161 e. The van der Waals surface area contributed by atoms with Crippen molar-refractivity contribution >= 4 is 10.9 Å². The van der Waals surface area contributed by atoms with Gasteiger partial charge in [-0.15, -0.1) is 0 Å². The summed E-state index contributed by atoms with van der Waals surface area (Å²) in [5.74, 6) is 0.493. The van der Waals surface area contributed by atoms with E-state index in [4.69, 9.17) is 4.74 Å². The third kappa shape index (κ3) is 1.97. The minimum Gasteiger partial charge on any atom is -0.504 e. The van der Waals surface area contributed by atoms with Gasteiger partial charge in [0, 0.05) is 17.0 Å². The lowest BCUT2D eigenvalue weighted by Gasteiger charge is -2.08. The lowest BCUT2D eigenvalue weighted by molar-refractivity contribution is 0.374. The molecule has 2 aromatic carbocycles. The highest BCUT2D eigenvalue weighted by Crippen LogP contribution is 2.34. The van der Waals surface area contributed by atoms with E-state index in [1.807, 2.05) is 30.3 Å². The van der Waals surface area contributed by atoms with Crippen molar-refractivity contribution in [1.29, 1.82) is 0 Å². The molecule has 1 aromatic heterocycles. The van der Waals surface area contributed by atoms with Crippen molar-refractivity contribution in [1.82, 2.24) is 9.97 Å². The van der Waals surface area contributed by atoms with Crippen LogP contribution in [0.15, 0.2) is 48.8 Å². The third-order valence-corrected chi connectivity index (χ3v) is 2.98. The molecule has 0 atom stereocenters. The first kappa shape index (κ1) is 11.5. The number of aromatic hydroxyl groups is 1. The molecule has 0 fully saturated rings. The van der Waals surface area contributed by atoms with Gasteiger partial charge in [-0.1, -0.05) is 30.3 Å². The molecule has 0 spiro atoms. The number of aromatic nitrogens is 2. The molecule has 1 N–H and O–H groups in total. The molecule has 1 heterocycles. The van der Waals surface area contributed by atoms with Crippen LogP contribution in [0.5, 0.6) is 11.5 Å². The highest BCUT2D eigenvalue weighted by molar-refractivity contribution is 5.94. The highest BCUT2D eigenvalue weighted by atomic mass is 16.5. The van der Waals surface area contributed by atoms with Crippen LogP contribution in [0.4, 0.5) is 0 Å². The van der Waals surface area contributed by atoms with Crippen molar-refractivity contribution in [2.75, 3.05) is 7.11 Å². The molecule has 0 saturated heterocycles. The van der Waals surface area contributed by atoms with Gasteiger partial charge in [-0.25, -0.2) is 9.97 Å². The first-order chi connectivity index (χ1) is 9.29. The predicted molar refractivity (Wildman–Crippen MR) is 73.2 cm³/mol. The van der Waals surface area contributed by atoms with Crippen molar-refractivity contribution in [3.05, 3.63) is 48.8 Å². The topological polar surface area (TPSA) is 55.2 Å². The van der Waals surface area contributed by atoms with E-state index in [-0.39, 0.29) is 5.75 Å². The minimum atomic E-state index is 0.0766. The Morgan fingerprint density at radius 3 is 2.58 bits per heavy atom. The van der Waals surface area contributed by atoms with Gasteiger partial charge in [-0.3, -0.25) is 0 Å². The molecule has 0 saturated carbocycles. The van der Waals surface area contributed by atoms with Crippen LogP contribution in [0.2, 0.25) is 0 Å². The Hall–Kier alpha value is -2.62. The number of ether oxygens (including phenoxy) is 1. The number of methoxy groups -OCH3 is 1. The second-order valence-corrected chi connectivity index (χ2v) is 4.13. The molecule has 0 amide bonds. The van der Waals surface area contributed by atoms with Crippen LogP contribution in [-0.2, 0) is 0 Å². The Kier molecular flexibility index (Phi) is 2.76. The molecule has 0 aliphatic carbocycles. The number of hydrogen-bond donors (Lipinski definition) is 1. The van der Waals surface area contributed by atoms with Crippen molar-refractivity contribution in [3.63, 3.8) is 0 Å². The number of rotatable bonds is 2. The lowest BCUT2D eigenvalue weighted by Crippen LogP contribution is -1.91. The largest absolute Gasteiger partial charge is 0.504 e. The van der Waals surface area contributed by atoms with Crippen LogP contribution in [0, 0.1) is 0 Å². The average Bonchev–Trinajstić information content (AvgIpc) is 2.46. The maximum absolute atomic E-state index is 9.78. The minimum absolute atomic E-state index is 0.0766. The number of benzene rings is 2. The fourth-order valence-electron chi connectivity index (χ4n) is 2.06. The van der Waals surface area contributed by atoms with Crippen LogP contribution >= 0.6 is 0 Å². The molecule has 3 rings (SSSR count). The van der Waals surface area contributed by atoms with Crippen LogP contribution in [0.1, 0.15) is 0 Å². The van der Waals surface area contributed by atoms with Gasteiger partial charge >= 0.3 is 0 Å². The second-order valence-electron chi connectivity index (χ2n) is 4.13. The molecule has 19 heavy (non-hydrogen) atoms. The van der Waals surface area contributed by atoms with Crippen molar-refractivity contribution < 1.29 is 9.84 Å². The summed E-state index contributed by atoms with van der Waals surface area (Å²) in [6, 6.07) is 13.2. The number of phenols is 1. The summed E-state index contributed by atoms with van der Waals surface area (Å²) in [6.07, 6.45) is 1.50. The number of hydrogen-bond acceptors (Lipinski definition) is 4. The van der Waals surface area contributed by atoms with Gasteiger partial charge in [0.05, 0.1) is 18.3 Å². The summed E-state index contributed by atoms with van der Waals surface area (Å²) in [5.41, 5.74) is 2.51. The normalized spacial score (nSPS) is 10.6. The summed E-state index contributed by atoms with van der Waals surface area (Å²) < 4.78 is 5.14. The molecule has 4 heteroatoms. The van der Waals surface area contributed by atoms with Crippen molar-refractivity contribution in [2.24, 2.45) is 0 Å². The van der Waals surface area contributed by atoms with Gasteiger partial charge in [0.25, 0.3) is 0 Å². The quantitative estimate of drug-likeness (QED) is 0.761. The summed E-state index contributed by atoms with van der Waals surface area (Å²) in [5, 5.41) is 10.6. The molecule has 0 aliphatic heterocycles. The second kappa shape index (κ2) is 4.57. The van der Waals surface area contributed by atoms with Gasteiger partial charge in [-0.2, -0.15) is 0 Å². The van der Waals surface area contributed by atoms with Crippen LogP contribution in [0.25, 0.3) is 22.2 Å². The van der Waals surface area contributed by atoms with Crippen LogP contribution in [-0.4, -0.2) is 22.2 Å². The number of fused-ring (bicyclic) bond motifs is 1. The maximum atomic E-state index is 9.78. The third-order valence-electron chi connectivity index (χ3n) is 2.98. The van der Waals surface area contributed by atoms with Gasteiger partial charge in [0.2, 0.25) is 0 Å². The van der Waals surface area contributed by atoms with E-state index < -0.39 is 0 Å². The standard InChI is InChI=1S/C15H12N2O2/c1-19-14-7-11-12(8-13(14)18)16-9-17-15(11)10-5-3-2-4-6-10/h2-9,18H,1H3. The SMILES string of the molecule is COc1cc2c(-c3ccccc3)ncnc2cc1O. The molecule has 0 unspecified atom stereocenters. The van der Waals surface area contributed by atoms with E-state index in [1.54, 1.807) is 12.1 Å². The first-order valence-electron chi connectivity index (χ1n) is 5.86. The van der Waals surface area contributed by atoms with E-state index >= 15 is 0 Å². The molecule has 3 aromatic rings. The van der Waals surface area contributed by atoms with Gasteiger partial charge in [-0.05, 0) is 6.07 Å². The molecule has 4 nitrogen and oxygen atoms in total. The van der Waals surface area contributed by atoms with Crippen molar-refractivity contribution in [2.45, 2.75) is 0 Å². The van der Waals surface area contributed by atoms with Crippen molar-refractivity contribution in [3.8, 4) is 22.8 Å². The molecule has 0 radical (unpaired) electrons. The Morgan fingerprint density at radius 2 is 1.84 bits per heavy atom. The molecular formula is C15H12N2O2. The zero-order chi connectivity index (χ0) is 13.2. The Bertz CT molecular complexity index is 727. The van der Waals surface area contributed by atoms with E-state index in [0.717, 1.165) is 16.6 Å². The Labute approximate surface area is 110 Å². The smallest absolute Gasteiger partial charge is 0.161 e. The molecule has 0 aliphatic rings. The number of nitrogens with zero attached hydrogens (tertiary/aromatic N) is 2. The summed E-state index contributed by atoms with van der Waals surface area (Å²) >= 11 is 0. The molecule has 94 valence electrons.